The van der Waals surface area contributed by atoms with Crippen LogP contribution in [-0.2, 0) is 22.2 Å². The Morgan fingerprint density at radius 3 is 2.67 bits per heavy atom. The Morgan fingerprint density at radius 1 is 1.23 bits per heavy atom. The molecule has 0 bridgehead atoms. The van der Waals surface area contributed by atoms with Gasteiger partial charge in [-0.3, -0.25) is 4.99 Å². The maximum atomic E-state index is 13.8. The van der Waals surface area contributed by atoms with Crippen LogP contribution in [0.15, 0.2) is 40.0 Å². The van der Waals surface area contributed by atoms with Gasteiger partial charge in [0.1, 0.15) is 23.7 Å². The van der Waals surface area contributed by atoms with E-state index in [2.05, 4.69) is 15.5 Å². The molecule has 1 fully saturated rings. The zero-order chi connectivity index (χ0) is 21.6. The van der Waals surface area contributed by atoms with E-state index in [-0.39, 0.29) is 24.3 Å². The molecule has 3 rings (SSSR count). The Hall–Kier alpha value is -2.53. The van der Waals surface area contributed by atoms with Gasteiger partial charge in [-0.2, -0.15) is 4.31 Å². The molecule has 1 saturated heterocycles. The number of hydrogen-bond acceptors (Lipinski definition) is 5. The molecule has 0 atom stereocenters. The minimum absolute atomic E-state index is 0.198. The molecular formula is C19H25F2N5O3S. The van der Waals surface area contributed by atoms with Crippen LogP contribution in [0.2, 0.25) is 0 Å². The van der Waals surface area contributed by atoms with Crippen LogP contribution in [0.5, 0.6) is 0 Å². The SMILES string of the molecule is CCNC(=NCCc1cc(F)ccc1F)N1CCN(S(=O)(=O)Cc2ccon2)CC1. The lowest BCUT2D eigenvalue weighted by molar-refractivity contribution is 0.260. The molecular weight excluding hydrogens is 416 g/mol. The smallest absolute Gasteiger partial charge is 0.220 e. The van der Waals surface area contributed by atoms with Crippen molar-refractivity contribution >= 4 is 16.0 Å². The Balaban J connectivity index is 1.58. The third-order valence-electron chi connectivity index (χ3n) is 4.74. The average Bonchev–Trinajstić information content (AvgIpc) is 3.22. The highest BCUT2D eigenvalue weighted by Gasteiger charge is 2.29. The number of hydrogen-bond donors (Lipinski definition) is 1. The molecule has 2 heterocycles. The molecule has 1 aromatic heterocycles. The number of rotatable bonds is 7. The first kappa shape index (κ1) is 22.2. The Morgan fingerprint density at radius 2 is 2.00 bits per heavy atom. The van der Waals surface area contributed by atoms with E-state index in [9.17, 15) is 17.2 Å². The lowest BCUT2D eigenvalue weighted by Gasteiger charge is -2.35. The number of benzene rings is 1. The van der Waals surface area contributed by atoms with E-state index in [0.717, 1.165) is 12.1 Å². The molecule has 8 nitrogen and oxygen atoms in total. The van der Waals surface area contributed by atoms with Gasteiger partial charge in [0, 0.05) is 45.3 Å². The van der Waals surface area contributed by atoms with E-state index >= 15 is 0 Å². The summed E-state index contributed by atoms with van der Waals surface area (Å²) in [6, 6.07) is 4.90. The highest BCUT2D eigenvalue weighted by molar-refractivity contribution is 7.88. The van der Waals surface area contributed by atoms with Crippen molar-refractivity contribution in [3.05, 3.63) is 53.4 Å². The third-order valence-corrected chi connectivity index (χ3v) is 6.55. The first-order valence-corrected chi connectivity index (χ1v) is 11.3. The van der Waals surface area contributed by atoms with E-state index < -0.39 is 21.7 Å². The lowest BCUT2D eigenvalue weighted by Crippen LogP contribution is -2.54. The molecule has 0 unspecified atom stereocenters. The summed E-state index contributed by atoms with van der Waals surface area (Å²) in [6.07, 6.45) is 1.61. The number of aromatic nitrogens is 1. The van der Waals surface area contributed by atoms with E-state index in [1.54, 1.807) is 0 Å². The molecule has 1 aromatic carbocycles. The monoisotopic (exact) mass is 441 g/mol. The van der Waals surface area contributed by atoms with Gasteiger partial charge in [-0.25, -0.2) is 17.2 Å². The molecule has 164 valence electrons. The van der Waals surface area contributed by atoms with E-state index in [1.165, 1.54) is 22.7 Å². The number of halogens is 2. The van der Waals surface area contributed by atoms with Crippen molar-refractivity contribution in [2.24, 2.45) is 4.99 Å². The predicted molar refractivity (Wildman–Crippen MR) is 108 cm³/mol. The molecule has 11 heteroatoms. The second-order valence-corrected chi connectivity index (χ2v) is 8.82. The van der Waals surface area contributed by atoms with Gasteiger partial charge < -0.3 is 14.7 Å². The van der Waals surface area contributed by atoms with Crippen LogP contribution in [0.4, 0.5) is 8.78 Å². The molecule has 2 aromatic rings. The maximum Gasteiger partial charge on any atom is 0.220 e. The molecule has 0 aliphatic carbocycles. The summed E-state index contributed by atoms with van der Waals surface area (Å²) in [4.78, 5) is 6.47. The lowest BCUT2D eigenvalue weighted by atomic mass is 10.1. The van der Waals surface area contributed by atoms with E-state index in [0.29, 0.717) is 44.4 Å². The zero-order valence-corrected chi connectivity index (χ0v) is 17.5. The van der Waals surface area contributed by atoms with Crippen molar-refractivity contribution < 1.29 is 21.7 Å². The Labute approximate surface area is 174 Å². The molecule has 0 amide bonds. The van der Waals surface area contributed by atoms with Gasteiger partial charge in [-0.05, 0) is 37.1 Å². The van der Waals surface area contributed by atoms with Crippen LogP contribution in [0.3, 0.4) is 0 Å². The van der Waals surface area contributed by atoms with Crippen LogP contribution in [-0.4, -0.2) is 68.0 Å². The van der Waals surface area contributed by atoms with E-state index in [1.807, 2.05) is 11.8 Å². The first-order valence-electron chi connectivity index (χ1n) is 9.73. The largest absolute Gasteiger partial charge is 0.364 e. The molecule has 1 aliphatic heterocycles. The fourth-order valence-corrected chi connectivity index (χ4v) is 4.64. The van der Waals surface area contributed by atoms with Crippen LogP contribution in [0, 0.1) is 11.6 Å². The second kappa shape index (κ2) is 9.98. The van der Waals surface area contributed by atoms with Gasteiger partial charge in [0.15, 0.2) is 5.96 Å². The topological polar surface area (TPSA) is 91.0 Å². The van der Waals surface area contributed by atoms with Crippen molar-refractivity contribution in [1.82, 2.24) is 19.7 Å². The molecule has 30 heavy (non-hydrogen) atoms. The Kier molecular flexibility index (Phi) is 7.38. The van der Waals surface area contributed by atoms with E-state index in [4.69, 9.17) is 4.52 Å². The minimum atomic E-state index is -3.48. The Bertz CT molecular complexity index is 959. The maximum absolute atomic E-state index is 13.8. The summed E-state index contributed by atoms with van der Waals surface area (Å²) in [6.45, 7) is 4.44. The van der Waals surface area contributed by atoms with Gasteiger partial charge in [0.2, 0.25) is 10.0 Å². The quantitative estimate of drug-likeness (QED) is 0.519. The standard InChI is InChI=1S/C19H25F2N5O3S/c1-2-22-19(23-7-5-15-13-16(20)3-4-18(15)21)25-8-10-26(11-9-25)30(27,28)14-17-6-12-29-24-17/h3-4,6,12-13H,2,5,7-11,14H2,1H3,(H,22,23). The summed E-state index contributed by atoms with van der Waals surface area (Å²) in [5.74, 6) is -0.507. The van der Waals surface area contributed by atoms with Crippen molar-refractivity contribution in [1.29, 1.82) is 0 Å². The fourth-order valence-electron chi connectivity index (χ4n) is 3.21. The molecule has 1 N–H and O–H groups in total. The number of sulfonamides is 1. The van der Waals surface area contributed by atoms with Gasteiger partial charge in [0.25, 0.3) is 0 Å². The number of aliphatic imine (C=N–C) groups is 1. The number of nitrogens with zero attached hydrogens (tertiary/aromatic N) is 4. The van der Waals surface area contributed by atoms with Crippen molar-refractivity contribution in [3.8, 4) is 0 Å². The number of guanidine groups is 1. The van der Waals surface area contributed by atoms with Gasteiger partial charge >= 0.3 is 0 Å². The number of piperazine rings is 1. The van der Waals surface area contributed by atoms with Gasteiger partial charge in [-0.1, -0.05) is 5.16 Å². The van der Waals surface area contributed by atoms with Crippen LogP contribution < -0.4 is 5.32 Å². The summed E-state index contributed by atoms with van der Waals surface area (Å²) in [7, 11) is -3.48. The fraction of sp³-hybridized carbons (Fsp3) is 0.474. The van der Waals surface area contributed by atoms with Crippen LogP contribution in [0.1, 0.15) is 18.2 Å². The van der Waals surface area contributed by atoms with Crippen LogP contribution >= 0.6 is 0 Å². The summed E-state index contributed by atoms with van der Waals surface area (Å²) >= 11 is 0. The first-order chi connectivity index (χ1) is 14.4. The zero-order valence-electron chi connectivity index (χ0n) is 16.7. The normalized spacial score (nSPS) is 16.1. The third kappa shape index (κ3) is 5.76. The average molecular weight is 442 g/mol. The summed E-state index contributed by atoms with van der Waals surface area (Å²) < 4.78 is 58.3. The van der Waals surface area contributed by atoms with Crippen molar-refractivity contribution in [2.75, 3.05) is 39.3 Å². The minimum Gasteiger partial charge on any atom is -0.364 e. The van der Waals surface area contributed by atoms with Gasteiger partial charge in [0.05, 0.1) is 5.69 Å². The highest BCUT2D eigenvalue weighted by Crippen LogP contribution is 2.14. The highest BCUT2D eigenvalue weighted by atomic mass is 32.2. The van der Waals surface area contributed by atoms with Gasteiger partial charge in [-0.15, -0.1) is 0 Å². The number of nitrogens with one attached hydrogen (secondary N) is 1. The molecule has 0 radical (unpaired) electrons. The van der Waals surface area contributed by atoms with Crippen molar-refractivity contribution in [3.63, 3.8) is 0 Å². The van der Waals surface area contributed by atoms with Crippen molar-refractivity contribution in [2.45, 2.75) is 19.1 Å². The second-order valence-electron chi connectivity index (χ2n) is 6.85. The summed E-state index contributed by atoms with van der Waals surface area (Å²) in [5, 5.41) is 6.84. The predicted octanol–water partition coefficient (Wildman–Crippen LogP) is 1.61. The summed E-state index contributed by atoms with van der Waals surface area (Å²) in [5.41, 5.74) is 0.648. The molecule has 1 aliphatic rings. The molecule has 0 spiro atoms. The van der Waals surface area contributed by atoms with Crippen LogP contribution in [0.25, 0.3) is 0 Å². The molecule has 0 saturated carbocycles.